The Morgan fingerprint density at radius 1 is 1.24 bits per heavy atom. The summed E-state index contributed by atoms with van der Waals surface area (Å²) in [7, 11) is 0. The molecule has 192 valence electrons. The van der Waals surface area contributed by atoms with Crippen molar-refractivity contribution in [2.75, 3.05) is 6.61 Å². The zero-order chi connectivity index (χ0) is 27.0. The number of rotatable bonds is 6. The molecule has 9 nitrogen and oxygen atoms in total. The van der Waals surface area contributed by atoms with Gasteiger partial charge in [0.2, 0.25) is 0 Å². The van der Waals surface area contributed by atoms with Crippen LogP contribution in [-0.2, 0) is 9.53 Å². The van der Waals surface area contributed by atoms with Crippen LogP contribution < -0.4 is 14.9 Å². The average molecular weight is 594 g/mol. The van der Waals surface area contributed by atoms with Crippen LogP contribution in [-0.4, -0.2) is 22.1 Å². The predicted octanol–water partition coefficient (Wildman–Crippen LogP) is 4.73. The number of nitro benzene ring substituents is 1. The second-order valence-corrected chi connectivity index (χ2v) is 10.2. The lowest BCUT2D eigenvalue weighted by atomic mass is 9.96. The summed E-state index contributed by atoms with van der Waals surface area (Å²) in [5.74, 6) is 0.391. The summed E-state index contributed by atoms with van der Waals surface area (Å²) in [5.41, 5.74) is 1.86. The van der Waals surface area contributed by atoms with Crippen molar-refractivity contribution >= 4 is 45.0 Å². The first kappa shape index (κ1) is 25.6. The minimum Gasteiger partial charge on any atom is -0.463 e. The number of hydrogen-bond donors (Lipinski definition) is 0. The summed E-state index contributed by atoms with van der Waals surface area (Å²) in [6.45, 7) is 3.67. The maximum Gasteiger partial charge on any atom is 0.338 e. The zero-order valence-electron chi connectivity index (χ0n) is 20.2. The highest BCUT2D eigenvalue weighted by atomic mass is 79.9. The molecule has 11 heteroatoms. The van der Waals surface area contributed by atoms with Gasteiger partial charge >= 0.3 is 5.97 Å². The second kappa shape index (κ2) is 10.3. The van der Waals surface area contributed by atoms with Crippen molar-refractivity contribution < 1.29 is 18.9 Å². The molecule has 0 spiro atoms. The van der Waals surface area contributed by atoms with Crippen molar-refractivity contribution in [1.82, 2.24) is 4.57 Å². The van der Waals surface area contributed by atoms with Crippen molar-refractivity contribution in [2.24, 2.45) is 4.99 Å². The number of furan rings is 1. The number of esters is 1. The van der Waals surface area contributed by atoms with E-state index in [1.165, 1.54) is 28.0 Å². The Morgan fingerprint density at radius 2 is 2.00 bits per heavy atom. The molecule has 0 N–H and O–H groups in total. The molecule has 0 aliphatic carbocycles. The third kappa shape index (κ3) is 4.66. The van der Waals surface area contributed by atoms with E-state index in [1.54, 1.807) is 38.1 Å². The third-order valence-corrected chi connectivity index (χ3v) is 7.60. The van der Waals surface area contributed by atoms with Gasteiger partial charge in [0, 0.05) is 28.2 Å². The summed E-state index contributed by atoms with van der Waals surface area (Å²) in [5, 5.41) is 11.0. The van der Waals surface area contributed by atoms with Gasteiger partial charge in [-0.3, -0.25) is 19.5 Å². The lowest BCUT2D eigenvalue weighted by molar-refractivity contribution is -0.384. The maximum absolute atomic E-state index is 13.7. The number of nitro groups is 1. The van der Waals surface area contributed by atoms with Crippen LogP contribution >= 0.6 is 27.3 Å². The normalized spacial score (nSPS) is 15.2. The number of benzene rings is 2. The van der Waals surface area contributed by atoms with E-state index in [9.17, 15) is 19.7 Å². The van der Waals surface area contributed by atoms with Gasteiger partial charge < -0.3 is 9.15 Å². The number of allylic oxidation sites excluding steroid dienone is 1. The average Bonchev–Trinajstić information content (AvgIpc) is 3.48. The van der Waals surface area contributed by atoms with E-state index < -0.39 is 16.9 Å². The van der Waals surface area contributed by atoms with Gasteiger partial charge in [-0.15, -0.1) is 0 Å². The number of ether oxygens (including phenoxy) is 1. The van der Waals surface area contributed by atoms with Crippen LogP contribution in [0.25, 0.3) is 17.4 Å². The topological polar surface area (TPSA) is 117 Å². The van der Waals surface area contributed by atoms with Crippen molar-refractivity contribution in [3.05, 3.63) is 118 Å². The van der Waals surface area contributed by atoms with Gasteiger partial charge in [0.15, 0.2) is 4.80 Å². The van der Waals surface area contributed by atoms with Crippen LogP contribution in [0.5, 0.6) is 0 Å². The highest BCUT2D eigenvalue weighted by Crippen LogP contribution is 2.33. The number of carbonyl (C=O) groups is 1. The molecule has 0 saturated carbocycles. The standard InChI is InChI=1S/C27H20BrN3O6S/c1-3-36-26(33)23-15(2)29-27-30(24(23)16-7-5-4-6-8-16)25(32)22(38-27)14-18-10-12-21(37-18)19-11-9-17(31(34)35)13-20(19)28/h4-14,24H,3H2,1-2H3/b22-14+. The van der Waals surface area contributed by atoms with E-state index in [0.717, 1.165) is 5.56 Å². The molecule has 1 aliphatic rings. The van der Waals surface area contributed by atoms with Gasteiger partial charge in [-0.2, -0.15) is 0 Å². The molecular weight excluding hydrogens is 574 g/mol. The van der Waals surface area contributed by atoms with Crippen LogP contribution in [0.15, 0.2) is 90.6 Å². The molecule has 1 aliphatic heterocycles. The maximum atomic E-state index is 13.7. The largest absolute Gasteiger partial charge is 0.463 e. The van der Waals surface area contributed by atoms with Gasteiger partial charge in [0.1, 0.15) is 11.5 Å². The van der Waals surface area contributed by atoms with E-state index >= 15 is 0 Å². The highest BCUT2D eigenvalue weighted by molar-refractivity contribution is 9.10. The lowest BCUT2D eigenvalue weighted by Gasteiger charge is -2.24. The number of halogens is 1. The van der Waals surface area contributed by atoms with E-state index in [4.69, 9.17) is 9.15 Å². The first-order valence-corrected chi connectivity index (χ1v) is 13.2. The number of hydrogen-bond acceptors (Lipinski definition) is 8. The third-order valence-electron chi connectivity index (χ3n) is 5.96. The Bertz CT molecular complexity index is 1780. The summed E-state index contributed by atoms with van der Waals surface area (Å²) >= 11 is 4.56. The Balaban J connectivity index is 1.60. The predicted molar refractivity (Wildman–Crippen MR) is 145 cm³/mol. The summed E-state index contributed by atoms with van der Waals surface area (Å²) in [6.07, 6.45) is 1.62. The minimum atomic E-state index is -0.683. The lowest BCUT2D eigenvalue weighted by Crippen LogP contribution is -2.39. The molecule has 2 aromatic heterocycles. The Kier molecular flexibility index (Phi) is 6.96. The van der Waals surface area contributed by atoms with Crippen LogP contribution in [0, 0.1) is 10.1 Å². The molecule has 0 radical (unpaired) electrons. The fourth-order valence-electron chi connectivity index (χ4n) is 4.26. The van der Waals surface area contributed by atoms with Crippen molar-refractivity contribution in [3.63, 3.8) is 0 Å². The molecular formula is C27H20BrN3O6S. The fourth-order valence-corrected chi connectivity index (χ4v) is 5.85. The molecule has 2 aromatic carbocycles. The van der Waals surface area contributed by atoms with Crippen LogP contribution in [0.2, 0.25) is 0 Å². The Hall–Kier alpha value is -4.09. The summed E-state index contributed by atoms with van der Waals surface area (Å²) in [6, 6.07) is 16.4. The smallest absolute Gasteiger partial charge is 0.338 e. The molecule has 0 bridgehead atoms. The molecule has 0 saturated heterocycles. The number of aromatic nitrogens is 1. The van der Waals surface area contributed by atoms with Crippen LogP contribution in [0.3, 0.4) is 0 Å². The molecule has 0 fully saturated rings. The molecule has 1 atom stereocenters. The number of non-ortho nitro benzene ring substituents is 1. The molecule has 5 rings (SSSR count). The minimum absolute atomic E-state index is 0.0426. The summed E-state index contributed by atoms with van der Waals surface area (Å²) < 4.78 is 13.7. The second-order valence-electron chi connectivity index (χ2n) is 8.34. The molecule has 4 aromatic rings. The first-order valence-electron chi connectivity index (χ1n) is 11.6. The summed E-state index contributed by atoms with van der Waals surface area (Å²) in [4.78, 5) is 42.2. The van der Waals surface area contributed by atoms with Gasteiger partial charge in [-0.25, -0.2) is 9.79 Å². The number of nitrogens with zero attached hydrogens (tertiary/aromatic N) is 3. The first-order chi connectivity index (χ1) is 18.3. The Morgan fingerprint density at radius 3 is 2.68 bits per heavy atom. The van der Waals surface area contributed by atoms with Crippen LogP contribution in [0.4, 0.5) is 5.69 Å². The highest BCUT2D eigenvalue weighted by Gasteiger charge is 2.33. The molecule has 0 amide bonds. The molecule has 1 unspecified atom stereocenters. The van der Waals surface area contributed by atoms with Crippen molar-refractivity contribution in [1.29, 1.82) is 0 Å². The fraction of sp³-hybridized carbons (Fsp3) is 0.148. The van der Waals surface area contributed by atoms with Gasteiger partial charge in [-0.05, 0) is 53.5 Å². The van der Waals surface area contributed by atoms with E-state index in [-0.39, 0.29) is 17.9 Å². The van der Waals surface area contributed by atoms with Gasteiger partial charge in [-0.1, -0.05) is 41.7 Å². The van der Waals surface area contributed by atoms with E-state index in [0.29, 0.717) is 42.2 Å². The number of fused-ring (bicyclic) bond motifs is 1. The van der Waals surface area contributed by atoms with E-state index in [2.05, 4.69) is 20.9 Å². The SMILES string of the molecule is CCOC(=O)C1=C(C)N=c2s/c(=C/c3ccc(-c4ccc([N+](=O)[O-])cc4Br)o3)c(=O)n2C1c1ccccc1. The number of carbonyl (C=O) groups excluding carboxylic acids is 1. The van der Waals surface area contributed by atoms with Crippen LogP contribution in [0.1, 0.15) is 31.2 Å². The van der Waals surface area contributed by atoms with E-state index in [1.807, 2.05) is 30.3 Å². The van der Waals surface area contributed by atoms with Gasteiger partial charge in [0.25, 0.3) is 11.2 Å². The molecule has 3 heterocycles. The zero-order valence-corrected chi connectivity index (χ0v) is 22.6. The van der Waals surface area contributed by atoms with Crippen molar-refractivity contribution in [3.8, 4) is 11.3 Å². The monoisotopic (exact) mass is 593 g/mol. The van der Waals surface area contributed by atoms with Gasteiger partial charge in [0.05, 0.1) is 33.4 Å². The molecule has 38 heavy (non-hydrogen) atoms. The van der Waals surface area contributed by atoms with Crippen molar-refractivity contribution in [2.45, 2.75) is 19.9 Å². The quantitative estimate of drug-likeness (QED) is 0.181. The Labute approximate surface area is 228 Å². The number of thiazole rings is 1.